The summed E-state index contributed by atoms with van der Waals surface area (Å²) in [5, 5.41) is 2.74. The average molecular weight is 256 g/mol. The topological polar surface area (TPSA) is 55.1 Å². The van der Waals surface area contributed by atoms with Gasteiger partial charge in [0, 0.05) is 12.5 Å². The smallest absolute Gasteiger partial charge is 0.224 e. The van der Waals surface area contributed by atoms with E-state index in [2.05, 4.69) is 5.32 Å². The summed E-state index contributed by atoms with van der Waals surface area (Å²) in [5.74, 6) is -2.24. The minimum atomic E-state index is -0.917. The number of nitrogens with two attached hydrogens (primary N) is 1. The Morgan fingerprint density at radius 3 is 2.56 bits per heavy atom. The maximum atomic E-state index is 13.1. The Morgan fingerprint density at radius 1 is 1.39 bits per heavy atom. The molecule has 0 radical (unpaired) electrons. The standard InChI is InChI=1S/C13H18F2N2O/c1-3-9(7-16)13(18)17-8(2)10-4-5-11(14)12(15)6-10/h4-6,8-9H,3,7,16H2,1-2H3,(H,17,18). The second-order valence-electron chi connectivity index (χ2n) is 4.24. The van der Waals surface area contributed by atoms with Gasteiger partial charge in [-0.05, 0) is 31.0 Å². The third-order valence-electron chi connectivity index (χ3n) is 2.95. The fourth-order valence-corrected chi connectivity index (χ4v) is 1.66. The number of benzene rings is 1. The van der Waals surface area contributed by atoms with Crippen molar-refractivity contribution in [2.75, 3.05) is 6.54 Å². The van der Waals surface area contributed by atoms with E-state index in [4.69, 9.17) is 5.73 Å². The van der Waals surface area contributed by atoms with Crippen molar-refractivity contribution in [2.45, 2.75) is 26.3 Å². The third kappa shape index (κ3) is 3.50. The highest BCUT2D eigenvalue weighted by atomic mass is 19.2. The molecule has 0 saturated carbocycles. The van der Waals surface area contributed by atoms with Gasteiger partial charge in [-0.25, -0.2) is 8.78 Å². The first-order valence-electron chi connectivity index (χ1n) is 5.95. The monoisotopic (exact) mass is 256 g/mol. The Balaban J connectivity index is 2.73. The summed E-state index contributed by atoms with van der Waals surface area (Å²) in [5.41, 5.74) is 5.99. The fourth-order valence-electron chi connectivity index (χ4n) is 1.66. The van der Waals surface area contributed by atoms with E-state index >= 15 is 0 Å². The molecule has 2 unspecified atom stereocenters. The molecule has 0 aromatic heterocycles. The molecule has 0 fully saturated rings. The van der Waals surface area contributed by atoms with Crippen LogP contribution in [-0.4, -0.2) is 12.5 Å². The van der Waals surface area contributed by atoms with Gasteiger partial charge in [-0.15, -0.1) is 0 Å². The van der Waals surface area contributed by atoms with Crippen LogP contribution in [0.2, 0.25) is 0 Å². The van der Waals surface area contributed by atoms with Crippen LogP contribution < -0.4 is 11.1 Å². The van der Waals surface area contributed by atoms with Crippen LogP contribution >= 0.6 is 0 Å². The molecule has 2 atom stereocenters. The van der Waals surface area contributed by atoms with Crippen LogP contribution in [0.4, 0.5) is 8.78 Å². The predicted molar refractivity (Wildman–Crippen MR) is 65.8 cm³/mol. The van der Waals surface area contributed by atoms with Crippen LogP contribution in [0.3, 0.4) is 0 Å². The third-order valence-corrected chi connectivity index (χ3v) is 2.95. The minimum absolute atomic E-state index is 0.169. The van der Waals surface area contributed by atoms with E-state index in [1.165, 1.54) is 6.07 Å². The molecule has 0 aliphatic rings. The molecule has 18 heavy (non-hydrogen) atoms. The summed E-state index contributed by atoms with van der Waals surface area (Å²) in [6, 6.07) is 3.21. The number of hydrogen-bond donors (Lipinski definition) is 2. The highest BCUT2D eigenvalue weighted by Gasteiger charge is 2.18. The van der Waals surface area contributed by atoms with E-state index in [1.54, 1.807) is 6.92 Å². The van der Waals surface area contributed by atoms with Gasteiger partial charge < -0.3 is 11.1 Å². The molecule has 100 valence electrons. The summed E-state index contributed by atoms with van der Waals surface area (Å²) in [7, 11) is 0. The lowest BCUT2D eigenvalue weighted by atomic mass is 10.0. The van der Waals surface area contributed by atoms with E-state index in [0.29, 0.717) is 12.0 Å². The molecule has 0 spiro atoms. The Morgan fingerprint density at radius 2 is 2.06 bits per heavy atom. The summed E-state index contributed by atoms with van der Waals surface area (Å²) in [4.78, 5) is 11.8. The zero-order valence-electron chi connectivity index (χ0n) is 10.5. The van der Waals surface area contributed by atoms with E-state index in [1.807, 2.05) is 6.92 Å². The molecule has 1 rings (SSSR count). The van der Waals surface area contributed by atoms with Gasteiger partial charge in [0.2, 0.25) is 5.91 Å². The summed E-state index contributed by atoms with van der Waals surface area (Å²) in [6.07, 6.45) is 0.646. The van der Waals surface area contributed by atoms with Gasteiger partial charge in [0.25, 0.3) is 0 Å². The van der Waals surface area contributed by atoms with Crippen LogP contribution in [0.15, 0.2) is 18.2 Å². The molecule has 1 amide bonds. The van der Waals surface area contributed by atoms with Crippen molar-refractivity contribution in [3.05, 3.63) is 35.4 Å². The molecule has 3 N–H and O–H groups in total. The first-order chi connectivity index (χ1) is 8.49. The number of carbonyl (C=O) groups excluding carboxylic acids is 1. The molecule has 0 bridgehead atoms. The Hall–Kier alpha value is -1.49. The lowest BCUT2D eigenvalue weighted by Crippen LogP contribution is -2.36. The van der Waals surface area contributed by atoms with Gasteiger partial charge in [-0.1, -0.05) is 13.0 Å². The first-order valence-corrected chi connectivity index (χ1v) is 5.95. The van der Waals surface area contributed by atoms with Crippen molar-refractivity contribution >= 4 is 5.91 Å². The lowest BCUT2D eigenvalue weighted by Gasteiger charge is -2.18. The molecule has 1 aromatic carbocycles. The highest BCUT2D eigenvalue weighted by molar-refractivity contribution is 5.79. The fraction of sp³-hybridized carbons (Fsp3) is 0.462. The normalized spacial score (nSPS) is 14.1. The zero-order chi connectivity index (χ0) is 13.7. The maximum absolute atomic E-state index is 13.1. The molecular formula is C13H18F2N2O. The zero-order valence-corrected chi connectivity index (χ0v) is 10.5. The number of nitrogens with one attached hydrogen (secondary N) is 1. The molecule has 0 saturated heterocycles. The van der Waals surface area contributed by atoms with Crippen LogP contribution in [0.25, 0.3) is 0 Å². The van der Waals surface area contributed by atoms with Crippen LogP contribution in [0, 0.1) is 17.6 Å². The Bertz CT molecular complexity index is 419. The molecular weight excluding hydrogens is 238 g/mol. The SMILES string of the molecule is CCC(CN)C(=O)NC(C)c1ccc(F)c(F)c1. The van der Waals surface area contributed by atoms with E-state index in [9.17, 15) is 13.6 Å². The minimum Gasteiger partial charge on any atom is -0.349 e. The van der Waals surface area contributed by atoms with Gasteiger partial charge in [-0.3, -0.25) is 4.79 Å². The summed E-state index contributed by atoms with van der Waals surface area (Å²) in [6.45, 7) is 3.86. The van der Waals surface area contributed by atoms with Crippen molar-refractivity contribution < 1.29 is 13.6 Å². The average Bonchev–Trinajstić information content (AvgIpc) is 2.34. The number of hydrogen-bond acceptors (Lipinski definition) is 2. The van der Waals surface area contributed by atoms with Gasteiger partial charge >= 0.3 is 0 Å². The lowest BCUT2D eigenvalue weighted by molar-refractivity contribution is -0.125. The molecule has 3 nitrogen and oxygen atoms in total. The molecule has 0 heterocycles. The van der Waals surface area contributed by atoms with Gasteiger partial charge in [0.05, 0.1) is 6.04 Å². The van der Waals surface area contributed by atoms with Crippen molar-refractivity contribution in [1.29, 1.82) is 0 Å². The van der Waals surface area contributed by atoms with Gasteiger partial charge in [0.15, 0.2) is 11.6 Å². The highest BCUT2D eigenvalue weighted by Crippen LogP contribution is 2.16. The number of rotatable bonds is 5. The van der Waals surface area contributed by atoms with Crippen molar-refractivity contribution in [3.63, 3.8) is 0 Å². The number of amides is 1. The number of carbonyl (C=O) groups is 1. The van der Waals surface area contributed by atoms with Crippen LogP contribution in [0.5, 0.6) is 0 Å². The quantitative estimate of drug-likeness (QED) is 0.848. The van der Waals surface area contributed by atoms with E-state index in [-0.39, 0.29) is 24.4 Å². The van der Waals surface area contributed by atoms with Crippen LogP contribution in [0.1, 0.15) is 31.9 Å². The summed E-state index contributed by atoms with van der Waals surface area (Å²) < 4.78 is 25.8. The summed E-state index contributed by atoms with van der Waals surface area (Å²) >= 11 is 0. The molecule has 1 aromatic rings. The van der Waals surface area contributed by atoms with Crippen molar-refractivity contribution in [2.24, 2.45) is 11.7 Å². The molecule has 5 heteroatoms. The van der Waals surface area contributed by atoms with Crippen LogP contribution in [-0.2, 0) is 4.79 Å². The maximum Gasteiger partial charge on any atom is 0.224 e. The predicted octanol–water partition coefficient (Wildman–Crippen LogP) is 2.13. The Kier molecular flexibility index (Phi) is 5.22. The largest absolute Gasteiger partial charge is 0.349 e. The number of halogens is 2. The van der Waals surface area contributed by atoms with E-state index < -0.39 is 11.6 Å². The first kappa shape index (κ1) is 14.6. The molecule has 0 aliphatic heterocycles. The van der Waals surface area contributed by atoms with Gasteiger partial charge in [0.1, 0.15) is 0 Å². The second-order valence-corrected chi connectivity index (χ2v) is 4.24. The Labute approximate surface area is 105 Å². The van der Waals surface area contributed by atoms with Gasteiger partial charge in [-0.2, -0.15) is 0 Å². The van der Waals surface area contributed by atoms with Crippen molar-refractivity contribution in [3.8, 4) is 0 Å². The van der Waals surface area contributed by atoms with E-state index in [0.717, 1.165) is 12.1 Å². The second kappa shape index (κ2) is 6.44. The molecule has 0 aliphatic carbocycles. The van der Waals surface area contributed by atoms with Crippen molar-refractivity contribution in [1.82, 2.24) is 5.32 Å².